The summed E-state index contributed by atoms with van der Waals surface area (Å²) in [6.45, 7) is 1.86. The number of halogens is 6. The molecule has 0 unspecified atom stereocenters. The highest BCUT2D eigenvalue weighted by Gasteiger charge is 2.75. The van der Waals surface area contributed by atoms with Gasteiger partial charge in [-0.2, -0.15) is 22.0 Å². The van der Waals surface area contributed by atoms with Crippen molar-refractivity contribution in [3.8, 4) is 11.5 Å². The minimum atomic E-state index is -5.68. The Kier molecular flexibility index (Phi) is 4.00. The second-order valence-electron chi connectivity index (χ2n) is 6.21. The topological polar surface area (TPSA) is 9.23 Å². The fourth-order valence-corrected chi connectivity index (χ4v) is 2.79. The van der Waals surface area contributed by atoms with Crippen LogP contribution in [0, 0.1) is 12.7 Å². The van der Waals surface area contributed by atoms with Crippen LogP contribution in [0.2, 0.25) is 0 Å². The first-order valence-corrected chi connectivity index (χ1v) is 7.56. The normalized spacial score (nSPS) is 16.6. The Bertz CT molecular complexity index is 775. The summed E-state index contributed by atoms with van der Waals surface area (Å²) in [6, 6.07) is 9.54. The van der Waals surface area contributed by atoms with E-state index in [4.69, 9.17) is 4.74 Å². The van der Waals surface area contributed by atoms with Gasteiger partial charge in [0.2, 0.25) is 0 Å². The molecule has 2 aromatic rings. The lowest BCUT2D eigenvalue weighted by molar-refractivity contribution is -0.296. The van der Waals surface area contributed by atoms with Crippen molar-refractivity contribution in [1.82, 2.24) is 0 Å². The van der Waals surface area contributed by atoms with Crippen LogP contribution in [0.1, 0.15) is 24.0 Å². The zero-order valence-corrected chi connectivity index (χ0v) is 13.1. The van der Waals surface area contributed by atoms with Crippen molar-refractivity contribution in [1.29, 1.82) is 0 Å². The van der Waals surface area contributed by atoms with Crippen molar-refractivity contribution in [3.05, 3.63) is 59.4 Å². The van der Waals surface area contributed by atoms with E-state index in [1.165, 1.54) is 0 Å². The highest BCUT2D eigenvalue weighted by molar-refractivity contribution is 5.42. The predicted molar refractivity (Wildman–Crippen MR) is 79.6 cm³/mol. The van der Waals surface area contributed by atoms with Crippen LogP contribution < -0.4 is 4.74 Å². The minimum Gasteiger partial charge on any atom is -0.454 e. The fraction of sp³-hybridized carbons (Fsp3) is 0.333. The monoisotopic (exact) mass is 360 g/mol. The molecule has 1 aliphatic carbocycles. The Morgan fingerprint density at radius 2 is 1.52 bits per heavy atom. The number of ether oxygens (including phenoxy) is 1. The molecule has 2 aromatic carbocycles. The molecule has 1 nitrogen and oxygen atoms in total. The number of benzene rings is 2. The van der Waals surface area contributed by atoms with Crippen LogP contribution in [0.4, 0.5) is 26.3 Å². The predicted octanol–water partition coefficient (Wildman–Crippen LogP) is 6.16. The molecule has 1 aliphatic rings. The van der Waals surface area contributed by atoms with E-state index in [0.717, 1.165) is 17.7 Å². The summed E-state index contributed by atoms with van der Waals surface area (Å²) in [7, 11) is 0. The van der Waals surface area contributed by atoms with Crippen molar-refractivity contribution in [3.63, 3.8) is 0 Å². The first-order valence-electron chi connectivity index (χ1n) is 7.56. The lowest BCUT2D eigenvalue weighted by Crippen LogP contribution is -2.47. The lowest BCUT2D eigenvalue weighted by atomic mass is 9.88. The van der Waals surface area contributed by atoms with Gasteiger partial charge >= 0.3 is 12.1 Å². The number of aryl methyl sites for hydroxylation is 1. The average Bonchev–Trinajstić information content (AvgIpc) is 3.32. The molecule has 0 heterocycles. The zero-order valence-electron chi connectivity index (χ0n) is 13.1. The van der Waals surface area contributed by atoms with Crippen molar-refractivity contribution in [2.45, 2.75) is 37.3 Å². The molecule has 0 aromatic heterocycles. The molecule has 25 heavy (non-hydrogen) atoms. The van der Waals surface area contributed by atoms with Crippen molar-refractivity contribution in [2.75, 3.05) is 0 Å². The van der Waals surface area contributed by atoms with Crippen LogP contribution >= 0.6 is 0 Å². The summed E-state index contributed by atoms with van der Waals surface area (Å²) in [6.07, 6.45) is -6.38. The third-order valence-corrected chi connectivity index (χ3v) is 4.44. The molecule has 0 aliphatic heterocycles. The lowest BCUT2D eigenvalue weighted by Gasteiger charge is -2.29. The van der Waals surface area contributed by atoms with E-state index in [0.29, 0.717) is 11.8 Å². The third-order valence-electron chi connectivity index (χ3n) is 4.44. The van der Waals surface area contributed by atoms with E-state index in [1.54, 1.807) is 24.3 Å². The molecule has 3 rings (SSSR count). The van der Waals surface area contributed by atoms with Crippen LogP contribution in [0.5, 0.6) is 11.5 Å². The van der Waals surface area contributed by atoms with Gasteiger partial charge in [0.25, 0.3) is 0 Å². The molecule has 1 fully saturated rings. The van der Waals surface area contributed by atoms with E-state index in [1.807, 2.05) is 6.92 Å². The van der Waals surface area contributed by atoms with E-state index in [2.05, 4.69) is 0 Å². The van der Waals surface area contributed by atoms with E-state index >= 15 is 0 Å². The largest absolute Gasteiger partial charge is 0.454 e. The highest BCUT2D eigenvalue weighted by Crippen LogP contribution is 2.63. The number of alkyl halides is 5. The van der Waals surface area contributed by atoms with Crippen LogP contribution in [0.15, 0.2) is 42.5 Å². The Balaban J connectivity index is 1.89. The van der Waals surface area contributed by atoms with Crippen LogP contribution in [-0.4, -0.2) is 12.1 Å². The maximum Gasteiger partial charge on any atom is 0.454 e. The van der Waals surface area contributed by atoms with Gasteiger partial charge in [0.1, 0.15) is 5.75 Å². The van der Waals surface area contributed by atoms with E-state index in [-0.39, 0.29) is 24.2 Å². The molecule has 134 valence electrons. The summed E-state index contributed by atoms with van der Waals surface area (Å²) in [5.41, 5.74) is -1.80. The number of hydrogen-bond donors (Lipinski definition) is 0. The Labute approximate surface area is 140 Å². The summed E-state index contributed by atoms with van der Waals surface area (Å²) in [5, 5.41) is 0. The van der Waals surface area contributed by atoms with Crippen LogP contribution in [0.3, 0.4) is 0 Å². The van der Waals surface area contributed by atoms with E-state index < -0.39 is 23.3 Å². The standard InChI is InChI=1S/C18H14F6O/c1-11-2-5-13(6-3-11)25-15-7-4-12(10-14(15)19)16(8-9-16)17(20,21)18(22,23)24/h2-7,10H,8-9H2,1H3. The third kappa shape index (κ3) is 2.96. The Hall–Kier alpha value is -2.18. The van der Waals surface area contributed by atoms with Crippen molar-refractivity contribution >= 4 is 0 Å². The maximum absolute atomic E-state index is 14.2. The molecule has 0 amide bonds. The molecular formula is C18H14F6O. The molecular weight excluding hydrogens is 346 g/mol. The Morgan fingerprint density at radius 3 is 2.00 bits per heavy atom. The van der Waals surface area contributed by atoms with Gasteiger partial charge in [-0.15, -0.1) is 0 Å². The number of hydrogen-bond acceptors (Lipinski definition) is 1. The molecule has 0 saturated heterocycles. The van der Waals surface area contributed by atoms with Crippen molar-refractivity contribution < 1.29 is 31.1 Å². The molecule has 1 saturated carbocycles. The van der Waals surface area contributed by atoms with Gasteiger partial charge in [0.05, 0.1) is 5.41 Å². The quantitative estimate of drug-likeness (QED) is 0.594. The fourth-order valence-electron chi connectivity index (χ4n) is 2.79. The first-order chi connectivity index (χ1) is 11.6. The van der Waals surface area contributed by atoms with Gasteiger partial charge in [-0.05, 0) is 49.6 Å². The summed E-state index contributed by atoms with van der Waals surface area (Å²) in [4.78, 5) is 0. The maximum atomic E-state index is 14.2. The summed E-state index contributed by atoms with van der Waals surface area (Å²) in [5.74, 6) is -5.80. The first kappa shape index (κ1) is 17.6. The van der Waals surface area contributed by atoms with Crippen molar-refractivity contribution in [2.24, 2.45) is 0 Å². The van der Waals surface area contributed by atoms with Gasteiger partial charge in [0, 0.05) is 0 Å². The van der Waals surface area contributed by atoms with Gasteiger partial charge in [-0.25, -0.2) is 4.39 Å². The average molecular weight is 360 g/mol. The number of rotatable bonds is 4. The highest BCUT2D eigenvalue weighted by atomic mass is 19.4. The molecule has 0 radical (unpaired) electrons. The van der Waals surface area contributed by atoms with Crippen LogP contribution in [0.25, 0.3) is 0 Å². The van der Waals surface area contributed by atoms with Gasteiger partial charge < -0.3 is 4.74 Å². The Morgan fingerprint density at radius 1 is 0.920 bits per heavy atom. The van der Waals surface area contributed by atoms with Gasteiger partial charge in [-0.1, -0.05) is 23.8 Å². The van der Waals surface area contributed by atoms with Gasteiger partial charge in [0.15, 0.2) is 11.6 Å². The van der Waals surface area contributed by atoms with Gasteiger partial charge in [-0.3, -0.25) is 0 Å². The second kappa shape index (κ2) is 5.68. The molecule has 0 bridgehead atoms. The SMILES string of the molecule is Cc1ccc(Oc2ccc(C3(C(F)(F)C(F)(F)F)CC3)cc2F)cc1. The second-order valence-corrected chi connectivity index (χ2v) is 6.21. The summed E-state index contributed by atoms with van der Waals surface area (Å²) >= 11 is 0. The van der Waals surface area contributed by atoms with Crippen LogP contribution in [-0.2, 0) is 5.41 Å². The molecule has 0 atom stereocenters. The minimum absolute atomic E-state index is 0.237. The smallest absolute Gasteiger partial charge is 0.454 e. The molecule has 0 spiro atoms. The van der Waals surface area contributed by atoms with E-state index in [9.17, 15) is 26.3 Å². The molecule has 7 heteroatoms. The summed E-state index contributed by atoms with van der Waals surface area (Å²) < 4.78 is 85.2. The molecule has 0 N–H and O–H groups in total. The zero-order chi connectivity index (χ0) is 18.5.